The van der Waals surface area contributed by atoms with E-state index in [1.807, 2.05) is 6.07 Å². The molecular weight excluding hydrogens is 194 g/mol. The van der Waals surface area contributed by atoms with E-state index in [2.05, 4.69) is 12.6 Å². The van der Waals surface area contributed by atoms with Gasteiger partial charge in [0, 0.05) is 11.1 Å². The van der Waals surface area contributed by atoms with Gasteiger partial charge in [0.1, 0.15) is 0 Å². The number of halogens is 1. The molecule has 0 spiro atoms. The Morgan fingerprint density at radius 1 is 1.43 bits per heavy atom. The van der Waals surface area contributed by atoms with E-state index in [-0.39, 0.29) is 6.04 Å². The molecule has 0 amide bonds. The van der Waals surface area contributed by atoms with Crippen molar-refractivity contribution in [2.45, 2.75) is 25.3 Å². The molecule has 0 bridgehead atoms. The lowest BCUT2D eigenvalue weighted by Gasteiger charge is -2.13. The number of fused-ring (bicyclic) bond motifs is 1. The molecule has 1 aliphatic carbocycles. The Labute approximate surface area is 89.6 Å². The Morgan fingerprint density at radius 3 is 2.93 bits per heavy atom. The molecule has 0 saturated carbocycles. The molecule has 1 nitrogen and oxygen atoms in total. The fourth-order valence-electron chi connectivity index (χ4n) is 2.12. The predicted molar refractivity (Wildman–Crippen MR) is 60.6 cm³/mol. The molecule has 1 aliphatic rings. The zero-order valence-electron chi connectivity index (χ0n) is 8.09. The summed E-state index contributed by atoms with van der Waals surface area (Å²) >= 11 is 6.04. The van der Waals surface area contributed by atoms with Crippen LogP contribution in [-0.4, -0.2) is 0 Å². The fraction of sp³-hybridized carbons (Fsp3) is 0.333. The largest absolute Gasteiger partial charge is 0.321 e. The molecule has 1 aromatic carbocycles. The maximum atomic E-state index is 6.04. The van der Waals surface area contributed by atoms with Crippen LogP contribution in [0.25, 0.3) is 0 Å². The summed E-state index contributed by atoms with van der Waals surface area (Å²) in [6.45, 7) is 3.72. The number of benzene rings is 1. The van der Waals surface area contributed by atoms with Crippen LogP contribution < -0.4 is 5.73 Å². The van der Waals surface area contributed by atoms with Gasteiger partial charge in [-0.1, -0.05) is 17.7 Å². The summed E-state index contributed by atoms with van der Waals surface area (Å²) in [4.78, 5) is 0. The third kappa shape index (κ3) is 1.58. The van der Waals surface area contributed by atoms with Gasteiger partial charge in [0.25, 0.3) is 0 Å². The molecule has 0 fully saturated rings. The van der Waals surface area contributed by atoms with Gasteiger partial charge in [-0.2, -0.15) is 0 Å². The van der Waals surface area contributed by atoms with Crippen LogP contribution in [0.5, 0.6) is 0 Å². The normalized spacial score (nSPS) is 16.4. The van der Waals surface area contributed by atoms with Crippen LogP contribution in [0.4, 0.5) is 0 Å². The quantitative estimate of drug-likeness (QED) is 0.742. The highest BCUT2D eigenvalue weighted by molar-refractivity contribution is 6.30. The summed E-state index contributed by atoms with van der Waals surface area (Å²) in [5.41, 5.74) is 9.87. The second-order valence-electron chi connectivity index (χ2n) is 3.75. The van der Waals surface area contributed by atoms with Crippen molar-refractivity contribution in [2.75, 3.05) is 0 Å². The molecule has 2 heteroatoms. The SMILES string of the molecule is C=CC(N)c1cc(Cl)cc2c1CCC2. The van der Waals surface area contributed by atoms with E-state index in [0.717, 1.165) is 23.4 Å². The summed E-state index contributed by atoms with van der Waals surface area (Å²) < 4.78 is 0. The Morgan fingerprint density at radius 2 is 2.21 bits per heavy atom. The number of hydrogen-bond acceptors (Lipinski definition) is 1. The second-order valence-corrected chi connectivity index (χ2v) is 4.18. The van der Waals surface area contributed by atoms with Crippen LogP contribution in [0.3, 0.4) is 0 Å². The minimum Gasteiger partial charge on any atom is -0.321 e. The third-order valence-corrected chi connectivity index (χ3v) is 3.05. The van der Waals surface area contributed by atoms with Gasteiger partial charge in [0.15, 0.2) is 0 Å². The molecule has 2 N–H and O–H groups in total. The van der Waals surface area contributed by atoms with Crippen LogP contribution in [-0.2, 0) is 12.8 Å². The number of rotatable bonds is 2. The summed E-state index contributed by atoms with van der Waals surface area (Å²) in [5, 5.41) is 0.790. The van der Waals surface area contributed by atoms with Crippen LogP contribution in [0.1, 0.15) is 29.2 Å². The molecule has 0 aromatic heterocycles. The Balaban J connectivity index is 2.53. The molecular formula is C12H14ClN. The monoisotopic (exact) mass is 207 g/mol. The van der Waals surface area contributed by atoms with Crippen LogP contribution in [0.15, 0.2) is 24.8 Å². The third-order valence-electron chi connectivity index (χ3n) is 2.83. The van der Waals surface area contributed by atoms with E-state index in [4.69, 9.17) is 17.3 Å². The lowest BCUT2D eigenvalue weighted by atomic mass is 9.98. The van der Waals surface area contributed by atoms with E-state index in [1.54, 1.807) is 6.08 Å². The van der Waals surface area contributed by atoms with E-state index < -0.39 is 0 Å². The zero-order chi connectivity index (χ0) is 10.1. The summed E-state index contributed by atoms with van der Waals surface area (Å²) in [6.07, 6.45) is 5.24. The molecule has 74 valence electrons. The van der Waals surface area contributed by atoms with Gasteiger partial charge in [-0.15, -0.1) is 6.58 Å². The first-order chi connectivity index (χ1) is 6.72. The zero-order valence-corrected chi connectivity index (χ0v) is 8.85. The van der Waals surface area contributed by atoms with Crippen molar-refractivity contribution in [2.24, 2.45) is 5.73 Å². The average molecular weight is 208 g/mol. The summed E-state index contributed by atoms with van der Waals surface area (Å²) in [5.74, 6) is 0. The highest BCUT2D eigenvalue weighted by Gasteiger charge is 2.18. The molecule has 1 aromatic rings. The van der Waals surface area contributed by atoms with Crippen LogP contribution in [0.2, 0.25) is 5.02 Å². The van der Waals surface area contributed by atoms with Crippen molar-refractivity contribution < 1.29 is 0 Å². The average Bonchev–Trinajstić information content (AvgIpc) is 2.62. The van der Waals surface area contributed by atoms with Crippen molar-refractivity contribution >= 4 is 11.6 Å². The van der Waals surface area contributed by atoms with Crippen molar-refractivity contribution in [3.8, 4) is 0 Å². The van der Waals surface area contributed by atoms with E-state index in [0.29, 0.717) is 0 Å². The Bertz CT molecular complexity index is 371. The van der Waals surface area contributed by atoms with E-state index in [1.165, 1.54) is 17.5 Å². The van der Waals surface area contributed by atoms with Crippen molar-refractivity contribution in [3.05, 3.63) is 46.5 Å². The smallest absolute Gasteiger partial charge is 0.0481 e. The van der Waals surface area contributed by atoms with Crippen LogP contribution in [0, 0.1) is 0 Å². The minimum atomic E-state index is -0.0828. The van der Waals surface area contributed by atoms with Gasteiger partial charge in [0.2, 0.25) is 0 Å². The van der Waals surface area contributed by atoms with Gasteiger partial charge in [-0.25, -0.2) is 0 Å². The van der Waals surface area contributed by atoms with Gasteiger partial charge in [-0.05, 0) is 48.1 Å². The second kappa shape index (κ2) is 3.76. The van der Waals surface area contributed by atoms with Gasteiger partial charge in [0.05, 0.1) is 0 Å². The maximum absolute atomic E-state index is 6.04. The predicted octanol–water partition coefficient (Wildman–Crippen LogP) is 3.01. The maximum Gasteiger partial charge on any atom is 0.0481 e. The highest BCUT2D eigenvalue weighted by atomic mass is 35.5. The molecule has 14 heavy (non-hydrogen) atoms. The lowest BCUT2D eigenvalue weighted by molar-refractivity contribution is 0.870. The number of nitrogens with two attached hydrogens (primary N) is 1. The van der Waals surface area contributed by atoms with Crippen molar-refractivity contribution in [1.29, 1.82) is 0 Å². The summed E-state index contributed by atoms with van der Waals surface area (Å²) in [6, 6.07) is 3.95. The minimum absolute atomic E-state index is 0.0828. The molecule has 2 rings (SSSR count). The molecule has 1 unspecified atom stereocenters. The molecule has 1 atom stereocenters. The first-order valence-electron chi connectivity index (χ1n) is 4.91. The Kier molecular flexibility index (Phi) is 2.62. The van der Waals surface area contributed by atoms with Gasteiger partial charge < -0.3 is 5.73 Å². The Hall–Kier alpha value is -0.790. The molecule has 0 aliphatic heterocycles. The van der Waals surface area contributed by atoms with E-state index >= 15 is 0 Å². The number of hydrogen-bond donors (Lipinski definition) is 1. The van der Waals surface area contributed by atoms with Crippen molar-refractivity contribution in [1.82, 2.24) is 0 Å². The molecule has 0 heterocycles. The van der Waals surface area contributed by atoms with Gasteiger partial charge in [-0.3, -0.25) is 0 Å². The standard InChI is InChI=1S/C12H14ClN/c1-2-12(14)11-7-9(13)6-8-4-3-5-10(8)11/h2,6-7,12H,1,3-5,14H2. The lowest BCUT2D eigenvalue weighted by Crippen LogP contribution is -2.09. The molecule has 0 radical (unpaired) electrons. The van der Waals surface area contributed by atoms with E-state index in [9.17, 15) is 0 Å². The van der Waals surface area contributed by atoms with Gasteiger partial charge >= 0.3 is 0 Å². The fourth-order valence-corrected chi connectivity index (χ4v) is 2.37. The topological polar surface area (TPSA) is 26.0 Å². The highest BCUT2D eigenvalue weighted by Crippen LogP contribution is 2.31. The molecule has 0 saturated heterocycles. The first-order valence-corrected chi connectivity index (χ1v) is 5.29. The summed E-state index contributed by atoms with van der Waals surface area (Å²) in [7, 11) is 0. The number of aryl methyl sites for hydroxylation is 1. The first kappa shape index (κ1) is 9.75. The van der Waals surface area contributed by atoms with Crippen molar-refractivity contribution in [3.63, 3.8) is 0 Å². The van der Waals surface area contributed by atoms with Crippen LogP contribution >= 0.6 is 11.6 Å².